The summed E-state index contributed by atoms with van der Waals surface area (Å²) in [5.74, 6) is 0.0697. The maximum Gasteiger partial charge on any atom is 0.234 e. The summed E-state index contributed by atoms with van der Waals surface area (Å²) in [6, 6.07) is 12.8. The van der Waals surface area contributed by atoms with Gasteiger partial charge in [-0.05, 0) is 43.5 Å². The van der Waals surface area contributed by atoms with Gasteiger partial charge in [-0.3, -0.25) is 9.36 Å². The van der Waals surface area contributed by atoms with E-state index >= 15 is 0 Å². The first-order valence-electron chi connectivity index (χ1n) is 10.9. The second-order valence-electron chi connectivity index (χ2n) is 8.12. The molecule has 0 radical (unpaired) electrons. The number of benzene rings is 2. The van der Waals surface area contributed by atoms with Crippen molar-refractivity contribution in [2.24, 2.45) is 0 Å². The number of aryl methyl sites for hydroxylation is 1. The number of para-hydroxylation sites is 1. The fraction of sp³-hybridized carbons (Fsp3) is 0.292. The van der Waals surface area contributed by atoms with Gasteiger partial charge in [0.05, 0.1) is 24.1 Å². The summed E-state index contributed by atoms with van der Waals surface area (Å²) in [5, 5.41) is 13.2. The van der Waals surface area contributed by atoms with Crippen molar-refractivity contribution in [3.05, 3.63) is 60.0 Å². The van der Waals surface area contributed by atoms with E-state index in [-0.39, 0.29) is 23.5 Å². The van der Waals surface area contributed by atoms with Gasteiger partial charge in [-0.25, -0.2) is 4.39 Å². The van der Waals surface area contributed by atoms with E-state index in [9.17, 15) is 9.18 Å². The van der Waals surface area contributed by atoms with Crippen LogP contribution in [0.3, 0.4) is 0 Å². The van der Waals surface area contributed by atoms with Crippen LogP contribution in [0.25, 0.3) is 22.3 Å². The van der Waals surface area contributed by atoms with Crippen LogP contribution in [-0.4, -0.2) is 44.1 Å². The summed E-state index contributed by atoms with van der Waals surface area (Å²) >= 11 is 1.28. The molecular formula is C24H24FN5O2S. The van der Waals surface area contributed by atoms with Crippen molar-refractivity contribution < 1.29 is 13.9 Å². The van der Waals surface area contributed by atoms with Gasteiger partial charge < -0.3 is 15.0 Å². The lowest BCUT2D eigenvalue weighted by atomic mass is 10.1. The van der Waals surface area contributed by atoms with E-state index in [1.54, 1.807) is 19.1 Å². The Bertz CT molecular complexity index is 1300. The molecule has 33 heavy (non-hydrogen) atoms. The van der Waals surface area contributed by atoms with Gasteiger partial charge in [0, 0.05) is 29.3 Å². The lowest BCUT2D eigenvalue weighted by molar-refractivity contribution is -0.113. The number of nitrogens with zero attached hydrogens (tertiary/aromatic N) is 3. The standard InChI is InChI=1S/C24H24FN5O2S/c1-15-8-9-21(19(25)11-15)27-22(31)14-33-24-29-28-23(30(24)13-16-5-4-10-32-16)18-12-26-20-7-3-2-6-17(18)20/h2-3,6-9,11-12,16,26H,4-5,10,13-14H2,1H3,(H,27,31). The van der Waals surface area contributed by atoms with Crippen molar-refractivity contribution in [1.82, 2.24) is 19.7 Å². The number of carbonyl (C=O) groups is 1. The van der Waals surface area contributed by atoms with Crippen molar-refractivity contribution in [1.29, 1.82) is 0 Å². The predicted molar refractivity (Wildman–Crippen MR) is 127 cm³/mol. The van der Waals surface area contributed by atoms with Crippen molar-refractivity contribution in [2.45, 2.75) is 37.6 Å². The molecule has 0 spiro atoms. The molecule has 2 aromatic carbocycles. The topological polar surface area (TPSA) is 84.8 Å². The summed E-state index contributed by atoms with van der Waals surface area (Å²) in [6.45, 7) is 3.16. The quantitative estimate of drug-likeness (QED) is 0.384. The van der Waals surface area contributed by atoms with E-state index in [1.165, 1.54) is 17.8 Å². The molecule has 9 heteroatoms. The van der Waals surface area contributed by atoms with Gasteiger partial charge in [0.25, 0.3) is 0 Å². The van der Waals surface area contributed by atoms with Gasteiger partial charge in [0.1, 0.15) is 5.82 Å². The third kappa shape index (κ3) is 4.65. The second kappa shape index (κ2) is 9.36. The van der Waals surface area contributed by atoms with E-state index in [0.717, 1.165) is 47.3 Å². The number of fused-ring (bicyclic) bond motifs is 1. The molecule has 0 saturated carbocycles. The normalized spacial score (nSPS) is 15.9. The number of ether oxygens (including phenoxy) is 1. The minimum atomic E-state index is -0.448. The molecular weight excluding hydrogens is 441 g/mol. The highest BCUT2D eigenvalue weighted by Gasteiger charge is 2.23. The number of aromatic nitrogens is 4. The van der Waals surface area contributed by atoms with Gasteiger partial charge in [0.2, 0.25) is 5.91 Å². The molecule has 2 N–H and O–H groups in total. The fourth-order valence-electron chi connectivity index (χ4n) is 4.05. The monoisotopic (exact) mass is 465 g/mol. The van der Waals surface area contributed by atoms with E-state index < -0.39 is 5.82 Å². The van der Waals surface area contributed by atoms with Crippen molar-refractivity contribution in [2.75, 3.05) is 17.7 Å². The van der Waals surface area contributed by atoms with Crippen LogP contribution in [0.2, 0.25) is 0 Å². The number of hydrogen-bond donors (Lipinski definition) is 2. The molecule has 7 nitrogen and oxygen atoms in total. The molecule has 1 atom stereocenters. The number of hydrogen-bond acceptors (Lipinski definition) is 5. The summed E-state index contributed by atoms with van der Waals surface area (Å²) in [7, 11) is 0. The van der Waals surface area contributed by atoms with Crippen LogP contribution in [0.1, 0.15) is 18.4 Å². The molecule has 1 aliphatic heterocycles. The minimum Gasteiger partial charge on any atom is -0.376 e. The highest BCUT2D eigenvalue weighted by atomic mass is 32.2. The van der Waals surface area contributed by atoms with Crippen LogP contribution in [0.15, 0.2) is 53.8 Å². The highest BCUT2D eigenvalue weighted by molar-refractivity contribution is 7.99. The Labute approximate surface area is 194 Å². The summed E-state index contributed by atoms with van der Waals surface area (Å²) < 4.78 is 22.0. The summed E-state index contributed by atoms with van der Waals surface area (Å²) in [4.78, 5) is 15.8. The lowest BCUT2D eigenvalue weighted by Crippen LogP contribution is -2.18. The Hall–Kier alpha value is -3.17. The first-order valence-corrected chi connectivity index (χ1v) is 11.9. The van der Waals surface area contributed by atoms with Crippen molar-refractivity contribution in [3.8, 4) is 11.4 Å². The molecule has 1 fully saturated rings. The number of rotatable bonds is 7. The Morgan fingerprint density at radius 3 is 3.00 bits per heavy atom. The number of thioether (sulfide) groups is 1. The van der Waals surface area contributed by atoms with Crippen LogP contribution in [-0.2, 0) is 16.1 Å². The molecule has 1 aliphatic rings. The average molecular weight is 466 g/mol. The number of carbonyl (C=O) groups excluding carboxylic acids is 1. The van der Waals surface area contributed by atoms with E-state index in [2.05, 4.69) is 20.5 Å². The fourth-order valence-corrected chi connectivity index (χ4v) is 4.79. The zero-order valence-corrected chi connectivity index (χ0v) is 19.0. The zero-order chi connectivity index (χ0) is 22.8. The van der Waals surface area contributed by atoms with Crippen molar-refractivity contribution >= 4 is 34.3 Å². The third-order valence-corrected chi connectivity index (χ3v) is 6.65. The molecule has 3 heterocycles. The molecule has 170 valence electrons. The van der Waals surface area contributed by atoms with Crippen LogP contribution in [0, 0.1) is 12.7 Å². The van der Waals surface area contributed by atoms with Crippen LogP contribution < -0.4 is 5.32 Å². The maximum absolute atomic E-state index is 14.1. The molecule has 4 aromatic rings. The van der Waals surface area contributed by atoms with Gasteiger partial charge in [-0.1, -0.05) is 36.0 Å². The van der Waals surface area contributed by atoms with Crippen LogP contribution in [0.5, 0.6) is 0 Å². The summed E-state index contributed by atoms with van der Waals surface area (Å²) in [6.07, 6.45) is 4.02. The first kappa shape index (κ1) is 21.7. The minimum absolute atomic E-state index is 0.0831. The maximum atomic E-state index is 14.1. The Balaban J connectivity index is 1.38. The van der Waals surface area contributed by atoms with Crippen LogP contribution in [0.4, 0.5) is 10.1 Å². The Morgan fingerprint density at radius 1 is 1.30 bits per heavy atom. The molecule has 1 saturated heterocycles. The molecule has 1 amide bonds. The molecule has 5 rings (SSSR count). The number of amides is 1. The number of halogens is 1. The third-order valence-electron chi connectivity index (χ3n) is 5.69. The zero-order valence-electron chi connectivity index (χ0n) is 18.2. The Kier molecular flexibility index (Phi) is 6.15. The number of aromatic amines is 1. The van der Waals surface area contributed by atoms with Gasteiger partial charge >= 0.3 is 0 Å². The number of H-pyrrole nitrogens is 1. The smallest absolute Gasteiger partial charge is 0.234 e. The van der Waals surface area contributed by atoms with E-state index in [1.807, 2.05) is 35.0 Å². The van der Waals surface area contributed by atoms with Gasteiger partial charge in [-0.15, -0.1) is 10.2 Å². The number of anilines is 1. The molecule has 1 unspecified atom stereocenters. The van der Waals surface area contributed by atoms with Crippen LogP contribution >= 0.6 is 11.8 Å². The first-order chi connectivity index (χ1) is 16.1. The Morgan fingerprint density at radius 2 is 2.18 bits per heavy atom. The highest BCUT2D eigenvalue weighted by Crippen LogP contribution is 2.31. The van der Waals surface area contributed by atoms with Gasteiger partial charge in [-0.2, -0.15) is 0 Å². The molecule has 0 aliphatic carbocycles. The SMILES string of the molecule is Cc1ccc(NC(=O)CSc2nnc(-c3c[nH]c4ccccc34)n2CC2CCCO2)c(F)c1. The van der Waals surface area contributed by atoms with Crippen molar-refractivity contribution in [3.63, 3.8) is 0 Å². The van der Waals surface area contributed by atoms with Gasteiger partial charge in [0.15, 0.2) is 11.0 Å². The van der Waals surface area contributed by atoms with E-state index in [0.29, 0.717) is 11.7 Å². The summed E-state index contributed by atoms with van der Waals surface area (Å²) in [5.41, 5.74) is 2.94. The molecule has 0 bridgehead atoms. The van der Waals surface area contributed by atoms with E-state index in [4.69, 9.17) is 4.74 Å². The largest absolute Gasteiger partial charge is 0.376 e. The lowest BCUT2D eigenvalue weighted by Gasteiger charge is -2.14. The second-order valence-corrected chi connectivity index (χ2v) is 9.06. The predicted octanol–water partition coefficient (Wildman–Crippen LogP) is 4.78. The molecule has 2 aromatic heterocycles. The number of nitrogens with one attached hydrogen (secondary N) is 2. The average Bonchev–Trinajstić information content (AvgIpc) is 3.55.